The van der Waals surface area contributed by atoms with Gasteiger partial charge in [0.05, 0.1) is 12.2 Å². The minimum absolute atomic E-state index is 0.174. The van der Waals surface area contributed by atoms with Gasteiger partial charge in [-0.1, -0.05) is 6.07 Å². The van der Waals surface area contributed by atoms with Crippen LogP contribution in [0.4, 0.5) is 13.2 Å². The van der Waals surface area contributed by atoms with Crippen LogP contribution in [-0.2, 0) is 11.3 Å². The third-order valence-electron chi connectivity index (χ3n) is 1.80. The van der Waals surface area contributed by atoms with Crippen molar-refractivity contribution in [1.29, 1.82) is 0 Å². The van der Waals surface area contributed by atoms with Crippen molar-refractivity contribution in [3.8, 4) is 0 Å². The number of hydrogen-bond acceptors (Lipinski definition) is 3. The standard InChI is InChI=1S/C10H12F3N3O/c11-10(12,13)7-16-9(17)6-14-5-8-3-1-2-4-15-8/h1-4,14H,5-7H2,(H,16,17). The molecule has 1 aromatic heterocycles. The van der Waals surface area contributed by atoms with E-state index in [0.29, 0.717) is 6.54 Å². The SMILES string of the molecule is O=C(CNCc1ccccn1)NCC(F)(F)F. The van der Waals surface area contributed by atoms with Crippen LogP contribution in [0.3, 0.4) is 0 Å². The summed E-state index contributed by atoms with van der Waals surface area (Å²) in [7, 11) is 0. The lowest BCUT2D eigenvalue weighted by Crippen LogP contribution is -2.39. The van der Waals surface area contributed by atoms with E-state index in [0.717, 1.165) is 5.69 Å². The van der Waals surface area contributed by atoms with Crippen molar-refractivity contribution in [3.63, 3.8) is 0 Å². The zero-order chi connectivity index (χ0) is 12.7. The molecule has 0 fully saturated rings. The highest BCUT2D eigenvalue weighted by atomic mass is 19.4. The molecular formula is C10H12F3N3O. The van der Waals surface area contributed by atoms with E-state index in [1.54, 1.807) is 29.7 Å². The number of carbonyl (C=O) groups is 1. The summed E-state index contributed by atoms with van der Waals surface area (Å²) in [4.78, 5) is 15.0. The number of amides is 1. The first kappa shape index (κ1) is 13.4. The van der Waals surface area contributed by atoms with E-state index in [9.17, 15) is 18.0 Å². The molecule has 0 radical (unpaired) electrons. The fourth-order valence-corrected chi connectivity index (χ4v) is 1.07. The Morgan fingerprint density at radius 3 is 2.71 bits per heavy atom. The van der Waals surface area contributed by atoms with Crippen molar-refractivity contribution < 1.29 is 18.0 Å². The van der Waals surface area contributed by atoms with Gasteiger partial charge in [0.25, 0.3) is 0 Å². The summed E-state index contributed by atoms with van der Waals surface area (Å²) in [5.74, 6) is -0.696. The van der Waals surface area contributed by atoms with Crippen LogP contribution in [0.25, 0.3) is 0 Å². The van der Waals surface area contributed by atoms with Crippen molar-refractivity contribution in [3.05, 3.63) is 30.1 Å². The second kappa shape index (κ2) is 6.19. The Labute approximate surface area is 96.2 Å². The van der Waals surface area contributed by atoms with Crippen molar-refractivity contribution in [2.75, 3.05) is 13.1 Å². The first-order chi connectivity index (χ1) is 7.97. The van der Waals surface area contributed by atoms with Crippen LogP contribution in [0.5, 0.6) is 0 Å². The van der Waals surface area contributed by atoms with E-state index in [1.165, 1.54) is 0 Å². The van der Waals surface area contributed by atoms with Crippen molar-refractivity contribution in [1.82, 2.24) is 15.6 Å². The summed E-state index contributed by atoms with van der Waals surface area (Å²) in [6, 6.07) is 5.29. The highest BCUT2D eigenvalue weighted by Gasteiger charge is 2.27. The second-order valence-corrected chi connectivity index (χ2v) is 3.32. The maximum atomic E-state index is 11.8. The molecule has 2 N–H and O–H groups in total. The van der Waals surface area contributed by atoms with E-state index in [-0.39, 0.29) is 6.54 Å². The molecule has 1 aromatic rings. The van der Waals surface area contributed by atoms with Crippen molar-refractivity contribution in [2.45, 2.75) is 12.7 Å². The molecule has 4 nitrogen and oxygen atoms in total. The molecule has 1 amide bonds. The number of halogens is 3. The zero-order valence-electron chi connectivity index (χ0n) is 8.92. The van der Waals surface area contributed by atoms with Crippen LogP contribution in [0.1, 0.15) is 5.69 Å². The normalized spacial score (nSPS) is 11.2. The van der Waals surface area contributed by atoms with Crippen LogP contribution in [0.2, 0.25) is 0 Å². The number of pyridine rings is 1. The molecule has 0 saturated heterocycles. The van der Waals surface area contributed by atoms with Crippen molar-refractivity contribution in [2.24, 2.45) is 0 Å². The molecule has 0 spiro atoms. The molecule has 0 aromatic carbocycles. The number of nitrogens with zero attached hydrogens (tertiary/aromatic N) is 1. The summed E-state index contributed by atoms with van der Waals surface area (Å²) < 4.78 is 35.3. The van der Waals surface area contributed by atoms with E-state index in [1.807, 2.05) is 0 Å². The second-order valence-electron chi connectivity index (χ2n) is 3.32. The van der Waals surface area contributed by atoms with Gasteiger partial charge in [-0.2, -0.15) is 13.2 Å². The zero-order valence-corrected chi connectivity index (χ0v) is 8.92. The fourth-order valence-electron chi connectivity index (χ4n) is 1.07. The van der Waals surface area contributed by atoms with Crippen molar-refractivity contribution >= 4 is 5.91 Å². The largest absolute Gasteiger partial charge is 0.405 e. The number of carbonyl (C=O) groups excluding carboxylic acids is 1. The van der Waals surface area contributed by atoms with Crippen LogP contribution >= 0.6 is 0 Å². The average Bonchev–Trinajstić information content (AvgIpc) is 2.27. The smallest absolute Gasteiger partial charge is 0.346 e. The Balaban J connectivity index is 2.17. The molecule has 0 aliphatic rings. The Kier molecular flexibility index (Phi) is 4.89. The highest BCUT2D eigenvalue weighted by Crippen LogP contribution is 2.11. The molecule has 7 heteroatoms. The van der Waals surface area contributed by atoms with Crippen LogP contribution in [-0.4, -0.2) is 30.2 Å². The summed E-state index contributed by atoms with van der Waals surface area (Å²) in [6.45, 7) is -1.15. The van der Waals surface area contributed by atoms with Gasteiger partial charge < -0.3 is 10.6 Å². The first-order valence-electron chi connectivity index (χ1n) is 4.91. The molecule has 94 valence electrons. The van der Waals surface area contributed by atoms with E-state index in [4.69, 9.17) is 0 Å². The van der Waals surface area contributed by atoms with Gasteiger partial charge in [0, 0.05) is 12.7 Å². The first-order valence-corrected chi connectivity index (χ1v) is 4.91. The molecule has 0 unspecified atom stereocenters. The molecule has 0 aliphatic heterocycles. The molecule has 1 rings (SSSR count). The summed E-state index contributed by atoms with van der Waals surface area (Å²) in [6.07, 6.45) is -2.78. The quantitative estimate of drug-likeness (QED) is 0.811. The number of rotatable bonds is 5. The number of nitrogens with one attached hydrogen (secondary N) is 2. The third-order valence-corrected chi connectivity index (χ3v) is 1.80. The predicted molar refractivity (Wildman–Crippen MR) is 55.0 cm³/mol. The summed E-state index contributed by atoms with van der Waals surface area (Å²) in [5, 5.41) is 4.46. The van der Waals surface area contributed by atoms with Gasteiger partial charge in [-0.25, -0.2) is 0 Å². The molecule has 0 atom stereocenters. The lowest BCUT2D eigenvalue weighted by atomic mass is 10.3. The molecule has 0 aliphatic carbocycles. The number of aromatic nitrogens is 1. The van der Waals surface area contributed by atoms with E-state index in [2.05, 4.69) is 10.3 Å². The van der Waals surface area contributed by atoms with Gasteiger partial charge in [-0.15, -0.1) is 0 Å². The van der Waals surface area contributed by atoms with Crippen LogP contribution < -0.4 is 10.6 Å². The van der Waals surface area contributed by atoms with Crippen LogP contribution in [0.15, 0.2) is 24.4 Å². The predicted octanol–water partition coefficient (Wildman–Crippen LogP) is 0.850. The van der Waals surface area contributed by atoms with E-state index >= 15 is 0 Å². The lowest BCUT2D eigenvalue weighted by Gasteiger charge is -2.08. The van der Waals surface area contributed by atoms with Gasteiger partial charge in [-0.05, 0) is 12.1 Å². The van der Waals surface area contributed by atoms with Crippen LogP contribution in [0, 0.1) is 0 Å². The monoisotopic (exact) mass is 247 g/mol. The van der Waals surface area contributed by atoms with Gasteiger partial charge >= 0.3 is 6.18 Å². The minimum Gasteiger partial charge on any atom is -0.346 e. The van der Waals surface area contributed by atoms with Gasteiger partial charge in [0.2, 0.25) is 5.91 Å². The average molecular weight is 247 g/mol. The Morgan fingerprint density at radius 1 is 1.35 bits per heavy atom. The number of alkyl halides is 3. The molecule has 0 bridgehead atoms. The number of hydrogen-bond donors (Lipinski definition) is 2. The Hall–Kier alpha value is -1.63. The topological polar surface area (TPSA) is 54.0 Å². The Morgan fingerprint density at radius 2 is 2.12 bits per heavy atom. The maximum absolute atomic E-state index is 11.8. The minimum atomic E-state index is -4.38. The molecule has 1 heterocycles. The summed E-state index contributed by atoms with van der Waals surface area (Å²) in [5.41, 5.74) is 0.719. The molecule has 0 saturated carbocycles. The Bertz CT molecular complexity index is 354. The third kappa shape index (κ3) is 6.52. The lowest BCUT2D eigenvalue weighted by molar-refractivity contribution is -0.137. The van der Waals surface area contributed by atoms with Gasteiger partial charge in [-0.3, -0.25) is 9.78 Å². The highest BCUT2D eigenvalue weighted by molar-refractivity contribution is 5.77. The van der Waals surface area contributed by atoms with Gasteiger partial charge in [0.15, 0.2) is 0 Å². The van der Waals surface area contributed by atoms with E-state index < -0.39 is 18.6 Å². The molecular weight excluding hydrogens is 235 g/mol. The fraction of sp³-hybridized carbons (Fsp3) is 0.400. The maximum Gasteiger partial charge on any atom is 0.405 e. The molecule has 17 heavy (non-hydrogen) atoms. The summed E-state index contributed by atoms with van der Waals surface area (Å²) >= 11 is 0. The van der Waals surface area contributed by atoms with Gasteiger partial charge in [0.1, 0.15) is 6.54 Å².